The molecule has 0 aromatic rings. The number of nitrogens with one attached hydrogen (secondary N) is 1. The van der Waals surface area contributed by atoms with Crippen LogP contribution in [0.25, 0.3) is 0 Å². The quantitative estimate of drug-likeness (QED) is 0.605. The summed E-state index contributed by atoms with van der Waals surface area (Å²) in [5.74, 6) is 0.743. The zero-order valence-electron chi connectivity index (χ0n) is 14.3. The molecule has 0 unspecified atom stereocenters. The number of ether oxygens (including phenoxy) is 1. The third kappa shape index (κ3) is 5.46. The Morgan fingerprint density at radius 3 is 2.61 bits per heavy atom. The monoisotopic (exact) mass is 336 g/mol. The van der Waals surface area contributed by atoms with E-state index in [9.17, 15) is 0 Å². The molecule has 2 atom stereocenters. The minimum Gasteiger partial charge on any atom is -0.376 e. The minimum atomic E-state index is 0.375. The van der Waals surface area contributed by atoms with Crippen LogP contribution < -0.4 is 5.32 Å². The van der Waals surface area contributed by atoms with E-state index < -0.39 is 0 Å². The predicted octanol–water partition coefficient (Wildman–Crippen LogP) is 4.03. The summed E-state index contributed by atoms with van der Waals surface area (Å²) in [7, 11) is 0. The van der Waals surface area contributed by atoms with Crippen molar-refractivity contribution in [3.05, 3.63) is 12.2 Å². The summed E-state index contributed by atoms with van der Waals surface area (Å²) in [4.78, 5) is 2.42. The minimum absolute atomic E-state index is 0.375. The van der Waals surface area contributed by atoms with E-state index >= 15 is 0 Å². The van der Waals surface area contributed by atoms with Gasteiger partial charge in [0.25, 0.3) is 0 Å². The highest BCUT2D eigenvalue weighted by Gasteiger charge is 2.25. The smallest absolute Gasteiger partial charge is 0.169 e. The van der Waals surface area contributed by atoms with Gasteiger partial charge in [0.2, 0.25) is 0 Å². The van der Waals surface area contributed by atoms with E-state index in [0.717, 1.165) is 30.7 Å². The zero-order valence-corrected chi connectivity index (χ0v) is 15.2. The maximum absolute atomic E-state index is 5.87. The van der Waals surface area contributed by atoms with Crippen molar-refractivity contribution in [2.24, 2.45) is 5.92 Å². The molecule has 0 bridgehead atoms. The van der Waals surface area contributed by atoms with Gasteiger partial charge in [0, 0.05) is 25.7 Å². The summed E-state index contributed by atoms with van der Waals surface area (Å²) in [6.45, 7) is 2.98. The molecule has 4 heteroatoms. The molecule has 0 aromatic heterocycles. The number of hydrogen-bond acceptors (Lipinski definition) is 2. The number of allylic oxidation sites excluding steroid dienone is 2. The molecule has 1 N–H and O–H groups in total. The Labute approximate surface area is 146 Å². The molecule has 1 saturated heterocycles. The van der Waals surface area contributed by atoms with Gasteiger partial charge in [0.05, 0.1) is 6.10 Å². The Kier molecular flexibility index (Phi) is 6.76. The fraction of sp³-hybridized carbons (Fsp3) is 0.842. The van der Waals surface area contributed by atoms with Crippen molar-refractivity contribution < 1.29 is 4.74 Å². The lowest BCUT2D eigenvalue weighted by molar-refractivity contribution is 0.0871. The average Bonchev–Trinajstić information content (AvgIpc) is 3.09. The molecule has 2 aliphatic carbocycles. The number of rotatable bonds is 5. The standard InChI is InChI=1S/C19H32N2OS/c23-19(20-17-10-5-2-6-11-17)21(15-18-12-7-13-22-18)14-16-8-3-1-4-9-16/h1,3,16-18H,2,4-15H2,(H,20,23)/t16-,18-/m0/s1. The first-order valence-electron chi connectivity index (χ1n) is 9.63. The zero-order chi connectivity index (χ0) is 15.9. The van der Waals surface area contributed by atoms with Gasteiger partial charge in [-0.1, -0.05) is 31.4 Å². The van der Waals surface area contributed by atoms with Crippen LogP contribution in [0.15, 0.2) is 12.2 Å². The van der Waals surface area contributed by atoms with E-state index in [1.54, 1.807) is 0 Å². The van der Waals surface area contributed by atoms with Crippen molar-refractivity contribution in [1.29, 1.82) is 0 Å². The topological polar surface area (TPSA) is 24.5 Å². The summed E-state index contributed by atoms with van der Waals surface area (Å²) < 4.78 is 5.87. The van der Waals surface area contributed by atoms with E-state index in [-0.39, 0.29) is 0 Å². The van der Waals surface area contributed by atoms with E-state index in [1.165, 1.54) is 64.2 Å². The molecule has 23 heavy (non-hydrogen) atoms. The van der Waals surface area contributed by atoms with Crippen molar-refractivity contribution in [3.63, 3.8) is 0 Å². The lowest BCUT2D eigenvalue weighted by Crippen LogP contribution is -2.49. The van der Waals surface area contributed by atoms with Gasteiger partial charge in [-0.3, -0.25) is 0 Å². The molecule has 0 radical (unpaired) electrons. The summed E-state index contributed by atoms with van der Waals surface area (Å²) in [5, 5.41) is 4.64. The molecule has 0 spiro atoms. The van der Waals surface area contributed by atoms with Crippen LogP contribution in [-0.4, -0.2) is 41.9 Å². The molecule has 3 aliphatic rings. The van der Waals surface area contributed by atoms with Crippen molar-refractivity contribution in [2.45, 2.75) is 76.4 Å². The number of nitrogens with zero attached hydrogens (tertiary/aromatic N) is 1. The van der Waals surface area contributed by atoms with Crippen LogP contribution in [0.3, 0.4) is 0 Å². The second kappa shape index (κ2) is 9.03. The fourth-order valence-electron chi connectivity index (χ4n) is 4.12. The van der Waals surface area contributed by atoms with E-state index in [1.807, 2.05) is 0 Å². The summed E-state index contributed by atoms with van der Waals surface area (Å²) in [6, 6.07) is 0.592. The van der Waals surface area contributed by atoms with E-state index in [0.29, 0.717) is 12.1 Å². The average molecular weight is 337 g/mol. The van der Waals surface area contributed by atoms with Crippen molar-refractivity contribution in [3.8, 4) is 0 Å². The highest BCUT2D eigenvalue weighted by molar-refractivity contribution is 7.80. The second-order valence-corrected chi connectivity index (χ2v) is 7.86. The SMILES string of the molecule is S=C(NC1CCCCC1)N(C[C@H]1CC=CCC1)C[C@@H]1CCCO1. The Morgan fingerprint density at radius 2 is 1.91 bits per heavy atom. The van der Waals surface area contributed by atoms with Crippen LogP contribution in [0.1, 0.15) is 64.2 Å². The van der Waals surface area contributed by atoms with Gasteiger partial charge >= 0.3 is 0 Å². The van der Waals surface area contributed by atoms with Crippen LogP contribution in [-0.2, 0) is 4.74 Å². The molecule has 1 saturated carbocycles. The molecular weight excluding hydrogens is 304 g/mol. The van der Waals surface area contributed by atoms with Gasteiger partial charge < -0.3 is 15.0 Å². The molecule has 1 heterocycles. The predicted molar refractivity (Wildman–Crippen MR) is 99.6 cm³/mol. The van der Waals surface area contributed by atoms with Crippen LogP contribution in [0.5, 0.6) is 0 Å². The maximum Gasteiger partial charge on any atom is 0.169 e. The third-order valence-electron chi connectivity index (χ3n) is 5.52. The summed E-state index contributed by atoms with van der Waals surface area (Å²) in [5.41, 5.74) is 0. The number of thiocarbonyl (C=S) groups is 1. The highest BCUT2D eigenvalue weighted by atomic mass is 32.1. The van der Waals surface area contributed by atoms with Crippen molar-refractivity contribution in [1.82, 2.24) is 10.2 Å². The van der Waals surface area contributed by atoms with Crippen LogP contribution in [0, 0.1) is 5.92 Å². The second-order valence-electron chi connectivity index (χ2n) is 7.47. The Morgan fingerprint density at radius 1 is 1.04 bits per heavy atom. The highest BCUT2D eigenvalue weighted by Crippen LogP contribution is 2.22. The molecule has 1 aliphatic heterocycles. The molecule has 3 nitrogen and oxygen atoms in total. The summed E-state index contributed by atoms with van der Waals surface area (Å²) >= 11 is 5.80. The first kappa shape index (κ1) is 17.2. The molecule has 0 amide bonds. The molecular formula is C19H32N2OS. The Hall–Kier alpha value is -0.610. The third-order valence-corrected chi connectivity index (χ3v) is 5.90. The van der Waals surface area contributed by atoms with Gasteiger partial charge in [-0.05, 0) is 63.1 Å². The number of hydrogen-bond donors (Lipinski definition) is 1. The molecule has 3 rings (SSSR count). The van der Waals surface area contributed by atoms with Gasteiger partial charge in [0.15, 0.2) is 5.11 Å². The lowest BCUT2D eigenvalue weighted by Gasteiger charge is -2.34. The maximum atomic E-state index is 5.87. The largest absolute Gasteiger partial charge is 0.376 e. The Bertz CT molecular complexity index is 400. The first-order chi connectivity index (χ1) is 11.3. The normalized spacial score (nSPS) is 28.7. The molecule has 130 valence electrons. The van der Waals surface area contributed by atoms with Gasteiger partial charge in [0.1, 0.15) is 0 Å². The first-order valence-corrected chi connectivity index (χ1v) is 10.0. The summed E-state index contributed by atoms with van der Waals surface area (Å²) in [6.07, 6.45) is 17.8. The van der Waals surface area contributed by atoms with Gasteiger partial charge in [-0.15, -0.1) is 0 Å². The lowest BCUT2D eigenvalue weighted by atomic mass is 9.93. The van der Waals surface area contributed by atoms with E-state index in [4.69, 9.17) is 17.0 Å². The molecule has 2 fully saturated rings. The van der Waals surface area contributed by atoms with Crippen LogP contribution in [0.2, 0.25) is 0 Å². The van der Waals surface area contributed by atoms with Crippen molar-refractivity contribution in [2.75, 3.05) is 19.7 Å². The van der Waals surface area contributed by atoms with Gasteiger partial charge in [-0.2, -0.15) is 0 Å². The fourth-order valence-corrected chi connectivity index (χ4v) is 4.44. The van der Waals surface area contributed by atoms with Crippen molar-refractivity contribution >= 4 is 17.3 Å². The Balaban J connectivity index is 1.55. The molecule has 0 aromatic carbocycles. The van der Waals surface area contributed by atoms with Crippen LogP contribution >= 0.6 is 12.2 Å². The van der Waals surface area contributed by atoms with E-state index in [2.05, 4.69) is 22.4 Å². The van der Waals surface area contributed by atoms with Crippen LogP contribution in [0.4, 0.5) is 0 Å². The van der Waals surface area contributed by atoms with Gasteiger partial charge in [-0.25, -0.2) is 0 Å².